The van der Waals surface area contributed by atoms with Crippen LogP contribution < -0.4 is 10.5 Å². The van der Waals surface area contributed by atoms with Crippen molar-refractivity contribution in [3.05, 3.63) is 65.7 Å². The number of nitriles is 1. The highest BCUT2D eigenvalue weighted by Gasteiger charge is 2.15. The van der Waals surface area contributed by atoms with E-state index in [1.54, 1.807) is 0 Å². The first kappa shape index (κ1) is 20.5. The van der Waals surface area contributed by atoms with E-state index in [-0.39, 0.29) is 6.61 Å². The Morgan fingerprint density at radius 2 is 1.74 bits per heavy atom. The van der Waals surface area contributed by atoms with E-state index in [0.717, 1.165) is 36.1 Å². The molecular formula is C22H26N2O3. The molecule has 27 heavy (non-hydrogen) atoms. The van der Waals surface area contributed by atoms with Crippen molar-refractivity contribution >= 4 is 5.97 Å². The molecule has 0 aromatic heterocycles. The van der Waals surface area contributed by atoms with Gasteiger partial charge < -0.3 is 15.2 Å². The zero-order valence-electron chi connectivity index (χ0n) is 15.5. The Morgan fingerprint density at radius 1 is 1.00 bits per heavy atom. The summed E-state index contributed by atoms with van der Waals surface area (Å²) in [5.41, 5.74) is 7.86. The van der Waals surface area contributed by atoms with Gasteiger partial charge in [-0.1, -0.05) is 42.5 Å². The molecule has 2 aromatic rings. The molecule has 0 aliphatic heterocycles. The first-order valence-electron chi connectivity index (χ1n) is 9.24. The molecule has 5 heteroatoms. The average Bonchev–Trinajstić information content (AvgIpc) is 2.70. The lowest BCUT2D eigenvalue weighted by Gasteiger charge is -2.12. The fraction of sp³-hybridized carbons (Fsp3) is 0.364. The minimum atomic E-state index is -0.694. The summed E-state index contributed by atoms with van der Waals surface area (Å²) < 4.78 is 10.9. The summed E-state index contributed by atoms with van der Waals surface area (Å²) >= 11 is 0. The number of unbranched alkanes of at least 4 members (excludes halogenated alkanes) is 3. The Labute approximate surface area is 160 Å². The molecule has 0 spiro atoms. The van der Waals surface area contributed by atoms with Crippen LogP contribution in [0.5, 0.6) is 5.75 Å². The highest BCUT2D eigenvalue weighted by atomic mass is 16.5. The maximum atomic E-state index is 12.0. The molecule has 0 saturated heterocycles. The third kappa shape index (κ3) is 7.93. The zero-order chi connectivity index (χ0) is 19.3. The van der Waals surface area contributed by atoms with Crippen LogP contribution in [0.25, 0.3) is 0 Å². The van der Waals surface area contributed by atoms with Crippen molar-refractivity contribution in [2.75, 3.05) is 6.61 Å². The Kier molecular flexibility index (Phi) is 8.88. The van der Waals surface area contributed by atoms with Gasteiger partial charge in [0.1, 0.15) is 18.4 Å². The first-order chi connectivity index (χ1) is 13.2. The highest BCUT2D eigenvalue weighted by molar-refractivity contribution is 5.75. The molecule has 0 amide bonds. The van der Waals surface area contributed by atoms with Gasteiger partial charge in [-0.05, 0) is 48.9 Å². The zero-order valence-corrected chi connectivity index (χ0v) is 15.5. The van der Waals surface area contributed by atoms with Gasteiger partial charge >= 0.3 is 5.97 Å². The molecule has 0 bridgehead atoms. The number of carbonyl (C=O) groups is 1. The standard InChI is InChI=1S/C22H26N2O3/c23-14-6-1-2-7-15-26-20-12-10-18(11-13-20)16-21(24)22(25)27-17-19-8-4-3-5-9-19/h3-5,8-13,21H,1-2,6-7,15-17,24H2. The average molecular weight is 366 g/mol. The third-order valence-corrected chi connectivity index (χ3v) is 4.11. The molecule has 2 aromatic carbocycles. The fourth-order valence-electron chi connectivity index (χ4n) is 2.57. The van der Waals surface area contributed by atoms with Crippen molar-refractivity contribution in [2.24, 2.45) is 5.73 Å². The van der Waals surface area contributed by atoms with Crippen LogP contribution in [0.3, 0.4) is 0 Å². The van der Waals surface area contributed by atoms with E-state index >= 15 is 0 Å². The Balaban J connectivity index is 1.70. The smallest absolute Gasteiger partial charge is 0.323 e. The quantitative estimate of drug-likeness (QED) is 0.483. The minimum Gasteiger partial charge on any atom is -0.494 e. The van der Waals surface area contributed by atoms with Gasteiger partial charge in [0.2, 0.25) is 0 Å². The van der Waals surface area contributed by atoms with E-state index in [0.29, 0.717) is 19.4 Å². The van der Waals surface area contributed by atoms with Crippen LogP contribution >= 0.6 is 0 Å². The largest absolute Gasteiger partial charge is 0.494 e. The van der Waals surface area contributed by atoms with Gasteiger partial charge in [-0.25, -0.2) is 0 Å². The number of hydrogen-bond acceptors (Lipinski definition) is 5. The molecule has 0 fully saturated rings. The van der Waals surface area contributed by atoms with E-state index in [4.69, 9.17) is 20.5 Å². The molecule has 5 nitrogen and oxygen atoms in total. The predicted octanol–water partition coefficient (Wildman–Crippen LogP) is 3.76. The summed E-state index contributed by atoms with van der Waals surface area (Å²) in [6.45, 7) is 0.866. The molecule has 0 heterocycles. The van der Waals surface area contributed by atoms with Crippen LogP contribution in [0.4, 0.5) is 0 Å². The fourth-order valence-corrected chi connectivity index (χ4v) is 2.57. The molecule has 0 radical (unpaired) electrons. The molecule has 0 saturated carbocycles. The van der Waals surface area contributed by atoms with Crippen molar-refractivity contribution in [3.63, 3.8) is 0 Å². The van der Waals surface area contributed by atoms with Crippen LogP contribution in [0, 0.1) is 11.3 Å². The number of benzene rings is 2. The number of carbonyl (C=O) groups excluding carboxylic acids is 1. The normalized spacial score (nSPS) is 11.4. The van der Waals surface area contributed by atoms with E-state index in [1.807, 2.05) is 54.6 Å². The van der Waals surface area contributed by atoms with Gasteiger partial charge in [0, 0.05) is 6.42 Å². The lowest BCUT2D eigenvalue weighted by molar-refractivity contribution is -0.146. The van der Waals surface area contributed by atoms with Crippen molar-refractivity contribution in [1.82, 2.24) is 0 Å². The van der Waals surface area contributed by atoms with Crippen LogP contribution in [0.15, 0.2) is 54.6 Å². The van der Waals surface area contributed by atoms with E-state index in [2.05, 4.69) is 6.07 Å². The van der Waals surface area contributed by atoms with Crippen molar-refractivity contribution in [2.45, 2.75) is 44.8 Å². The number of rotatable bonds is 11. The number of hydrogen-bond donors (Lipinski definition) is 1. The Bertz CT molecular complexity index is 723. The van der Waals surface area contributed by atoms with Crippen molar-refractivity contribution in [1.29, 1.82) is 5.26 Å². The van der Waals surface area contributed by atoms with Crippen molar-refractivity contribution < 1.29 is 14.3 Å². The summed E-state index contributed by atoms with van der Waals surface area (Å²) in [6.07, 6.45) is 3.86. The van der Waals surface area contributed by atoms with E-state index in [9.17, 15) is 4.79 Å². The van der Waals surface area contributed by atoms with Crippen LogP contribution in [0.1, 0.15) is 36.8 Å². The topological polar surface area (TPSA) is 85.3 Å². The van der Waals surface area contributed by atoms with Gasteiger partial charge in [-0.2, -0.15) is 5.26 Å². The maximum Gasteiger partial charge on any atom is 0.323 e. The SMILES string of the molecule is N#CCCCCCOc1ccc(CC(N)C(=O)OCc2ccccc2)cc1. The molecule has 0 aliphatic carbocycles. The van der Waals surface area contributed by atoms with Gasteiger partial charge in [0.05, 0.1) is 12.7 Å². The molecule has 1 atom stereocenters. The van der Waals surface area contributed by atoms with Crippen LogP contribution in [-0.2, 0) is 22.6 Å². The second-order valence-electron chi connectivity index (χ2n) is 6.37. The summed E-state index contributed by atoms with van der Waals surface area (Å²) in [5.74, 6) is 0.385. The Hall–Kier alpha value is -2.84. The van der Waals surface area contributed by atoms with E-state index < -0.39 is 12.0 Å². The van der Waals surface area contributed by atoms with Crippen molar-refractivity contribution in [3.8, 4) is 11.8 Å². The summed E-state index contributed by atoms with van der Waals surface area (Å²) in [4.78, 5) is 12.0. The predicted molar refractivity (Wildman–Crippen MR) is 104 cm³/mol. The minimum absolute atomic E-state index is 0.231. The molecule has 142 valence electrons. The number of ether oxygens (including phenoxy) is 2. The Morgan fingerprint density at radius 3 is 2.44 bits per heavy atom. The lowest BCUT2D eigenvalue weighted by atomic mass is 10.1. The second kappa shape index (κ2) is 11.7. The first-order valence-corrected chi connectivity index (χ1v) is 9.24. The van der Waals surface area contributed by atoms with Crippen LogP contribution in [0.2, 0.25) is 0 Å². The summed E-state index contributed by atoms with van der Waals surface area (Å²) in [7, 11) is 0. The third-order valence-electron chi connectivity index (χ3n) is 4.11. The number of esters is 1. The molecule has 1 unspecified atom stereocenters. The van der Waals surface area contributed by atoms with E-state index in [1.165, 1.54) is 0 Å². The monoisotopic (exact) mass is 366 g/mol. The van der Waals surface area contributed by atoms with Gasteiger partial charge in [-0.3, -0.25) is 4.79 Å². The molecule has 0 aliphatic rings. The van der Waals surface area contributed by atoms with Gasteiger partial charge in [0.15, 0.2) is 0 Å². The molecular weight excluding hydrogens is 340 g/mol. The second-order valence-corrected chi connectivity index (χ2v) is 6.37. The lowest BCUT2D eigenvalue weighted by Crippen LogP contribution is -2.34. The number of nitrogens with zero attached hydrogens (tertiary/aromatic N) is 1. The number of nitrogens with two attached hydrogens (primary N) is 1. The van der Waals surface area contributed by atoms with Crippen LogP contribution in [-0.4, -0.2) is 18.6 Å². The highest BCUT2D eigenvalue weighted by Crippen LogP contribution is 2.14. The maximum absolute atomic E-state index is 12.0. The summed E-state index contributed by atoms with van der Waals surface area (Å²) in [5, 5.41) is 8.49. The van der Waals surface area contributed by atoms with Gasteiger partial charge in [0.25, 0.3) is 0 Å². The molecule has 2 N–H and O–H groups in total. The summed E-state index contributed by atoms with van der Waals surface area (Å²) in [6, 6.07) is 18.6. The van der Waals surface area contributed by atoms with Gasteiger partial charge in [-0.15, -0.1) is 0 Å². The molecule has 2 rings (SSSR count).